The summed E-state index contributed by atoms with van der Waals surface area (Å²) in [4.78, 5) is 29.3. The van der Waals surface area contributed by atoms with E-state index in [4.69, 9.17) is 14.6 Å². The zero-order valence-corrected chi connectivity index (χ0v) is 20.7. The van der Waals surface area contributed by atoms with Crippen LogP contribution in [0.2, 0.25) is 0 Å². The van der Waals surface area contributed by atoms with Crippen molar-refractivity contribution in [2.45, 2.75) is 26.3 Å². The maximum absolute atomic E-state index is 13.5. The Morgan fingerprint density at radius 1 is 1.00 bits per heavy atom. The quantitative estimate of drug-likeness (QED) is 0.424. The first kappa shape index (κ1) is 23.4. The van der Waals surface area contributed by atoms with Gasteiger partial charge in [-0.15, -0.1) is 0 Å². The molecule has 0 fully saturated rings. The van der Waals surface area contributed by atoms with Crippen LogP contribution >= 0.6 is 0 Å². The van der Waals surface area contributed by atoms with Crippen molar-refractivity contribution in [1.29, 1.82) is 0 Å². The number of H-pyrrole nitrogens is 1. The molecule has 1 amide bonds. The number of hydrogen-bond acceptors (Lipinski definition) is 5. The first-order chi connectivity index (χ1) is 17.4. The Morgan fingerprint density at radius 2 is 1.75 bits per heavy atom. The molecule has 1 unspecified atom stereocenters. The Hall–Kier alpha value is -4.39. The van der Waals surface area contributed by atoms with E-state index in [1.165, 1.54) is 11.9 Å². The molecule has 0 saturated heterocycles. The van der Waals surface area contributed by atoms with E-state index in [0.29, 0.717) is 29.2 Å². The number of aryl methyl sites for hydroxylation is 1. The second kappa shape index (κ2) is 9.34. The third-order valence-corrected chi connectivity index (χ3v) is 6.58. The number of amides is 1. The van der Waals surface area contributed by atoms with Crippen LogP contribution in [0.4, 0.5) is 0 Å². The number of aromatic amines is 1. The molecule has 1 aliphatic heterocycles. The van der Waals surface area contributed by atoms with E-state index in [-0.39, 0.29) is 11.5 Å². The van der Waals surface area contributed by atoms with Gasteiger partial charge in [0.15, 0.2) is 0 Å². The molecule has 1 aliphatic rings. The second-order valence-electron chi connectivity index (χ2n) is 8.85. The van der Waals surface area contributed by atoms with Gasteiger partial charge in [-0.25, -0.2) is 5.01 Å². The van der Waals surface area contributed by atoms with E-state index in [1.54, 1.807) is 20.3 Å². The number of carbonyl (C=O) groups excluding carboxylic acids is 1. The molecule has 0 saturated carbocycles. The summed E-state index contributed by atoms with van der Waals surface area (Å²) >= 11 is 0. The minimum absolute atomic E-state index is 0.228. The maximum atomic E-state index is 13.5. The first-order valence-corrected chi connectivity index (χ1v) is 11.7. The van der Waals surface area contributed by atoms with Crippen molar-refractivity contribution in [3.63, 3.8) is 0 Å². The van der Waals surface area contributed by atoms with Crippen LogP contribution in [-0.4, -0.2) is 35.8 Å². The third-order valence-electron chi connectivity index (χ3n) is 6.58. The van der Waals surface area contributed by atoms with Crippen LogP contribution < -0.4 is 15.0 Å². The van der Waals surface area contributed by atoms with Crippen LogP contribution in [-0.2, 0) is 4.79 Å². The summed E-state index contributed by atoms with van der Waals surface area (Å²) in [5.41, 5.74) is 5.11. The molecule has 2 heterocycles. The van der Waals surface area contributed by atoms with E-state index in [1.807, 2.05) is 67.6 Å². The van der Waals surface area contributed by atoms with Crippen molar-refractivity contribution in [2.24, 2.45) is 5.10 Å². The number of nitrogens with zero attached hydrogens (tertiary/aromatic N) is 2. The lowest BCUT2D eigenvalue weighted by atomic mass is 9.90. The standard InChI is InChI=1S/C29H27N3O4/c1-17-9-11-19(12-10-17)27-21-7-5-6-8-23(21)30-29(34)28(27)24-16-25(32(31-24)18(2)33)22-15-20(35-3)13-14-26(22)36-4/h5-15,25H,16H2,1-4H3,(H,30,34). The van der Waals surface area contributed by atoms with Crippen molar-refractivity contribution in [1.82, 2.24) is 9.99 Å². The number of benzene rings is 3. The van der Waals surface area contributed by atoms with Crippen LogP contribution in [0.1, 0.15) is 36.1 Å². The van der Waals surface area contributed by atoms with Gasteiger partial charge in [0.25, 0.3) is 5.56 Å². The summed E-state index contributed by atoms with van der Waals surface area (Å²) in [6, 6.07) is 20.8. The lowest BCUT2D eigenvalue weighted by Crippen LogP contribution is -2.24. The monoisotopic (exact) mass is 481 g/mol. The molecule has 3 aromatic carbocycles. The SMILES string of the molecule is COc1ccc(OC)c(C2CC(c3c(-c4ccc(C)cc4)c4ccccc4[nH]c3=O)=NN2C(C)=O)c1. The summed E-state index contributed by atoms with van der Waals surface area (Å²) in [6.45, 7) is 3.50. The molecule has 5 rings (SSSR count). The van der Waals surface area contributed by atoms with Crippen LogP contribution in [0.3, 0.4) is 0 Å². The Labute approximate surface area is 209 Å². The normalized spacial score (nSPS) is 15.2. The molecular weight excluding hydrogens is 454 g/mol. The fraction of sp³-hybridized carbons (Fsp3) is 0.207. The van der Waals surface area contributed by atoms with Crippen LogP contribution in [0.25, 0.3) is 22.0 Å². The molecular formula is C29H27N3O4. The summed E-state index contributed by atoms with van der Waals surface area (Å²) < 4.78 is 11.0. The second-order valence-corrected chi connectivity index (χ2v) is 8.85. The molecule has 7 heteroatoms. The van der Waals surface area contributed by atoms with Gasteiger partial charge in [0.2, 0.25) is 5.91 Å². The Balaban J connectivity index is 1.72. The molecule has 0 bridgehead atoms. The summed E-state index contributed by atoms with van der Waals surface area (Å²) in [7, 11) is 3.18. The van der Waals surface area contributed by atoms with Gasteiger partial charge >= 0.3 is 0 Å². The lowest BCUT2D eigenvalue weighted by Gasteiger charge is -2.23. The smallest absolute Gasteiger partial charge is 0.258 e. The molecule has 1 N–H and O–H groups in total. The fourth-order valence-corrected chi connectivity index (χ4v) is 4.83. The van der Waals surface area contributed by atoms with Gasteiger partial charge in [-0.05, 0) is 36.8 Å². The van der Waals surface area contributed by atoms with Crippen molar-refractivity contribution < 1.29 is 14.3 Å². The highest BCUT2D eigenvalue weighted by Crippen LogP contribution is 2.41. The number of fused-ring (bicyclic) bond motifs is 1. The number of pyridine rings is 1. The number of para-hydroxylation sites is 1. The summed E-state index contributed by atoms with van der Waals surface area (Å²) in [5.74, 6) is 1.04. The molecule has 0 spiro atoms. The topological polar surface area (TPSA) is 84.0 Å². The van der Waals surface area contributed by atoms with Gasteiger partial charge in [0.05, 0.1) is 31.5 Å². The van der Waals surface area contributed by atoms with E-state index in [9.17, 15) is 9.59 Å². The maximum Gasteiger partial charge on any atom is 0.258 e. The largest absolute Gasteiger partial charge is 0.497 e. The van der Waals surface area contributed by atoms with Gasteiger partial charge < -0.3 is 14.5 Å². The highest BCUT2D eigenvalue weighted by Gasteiger charge is 2.35. The highest BCUT2D eigenvalue weighted by atomic mass is 16.5. The third kappa shape index (κ3) is 4.02. The van der Waals surface area contributed by atoms with E-state index >= 15 is 0 Å². The Kier molecular flexibility index (Phi) is 6.06. The number of hydrazone groups is 1. The van der Waals surface area contributed by atoms with E-state index in [0.717, 1.165) is 33.2 Å². The molecule has 4 aromatic rings. The van der Waals surface area contributed by atoms with Crippen LogP contribution in [0.5, 0.6) is 11.5 Å². The first-order valence-electron chi connectivity index (χ1n) is 11.7. The number of rotatable bonds is 5. The van der Waals surface area contributed by atoms with Gasteiger partial charge in [0, 0.05) is 35.4 Å². The van der Waals surface area contributed by atoms with Gasteiger partial charge in [-0.1, -0.05) is 48.0 Å². The number of carbonyl (C=O) groups is 1. The number of ether oxygens (including phenoxy) is 2. The van der Waals surface area contributed by atoms with Crippen molar-refractivity contribution in [3.8, 4) is 22.6 Å². The number of methoxy groups -OCH3 is 2. The molecule has 7 nitrogen and oxygen atoms in total. The number of aromatic nitrogens is 1. The molecule has 0 radical (unpaired) electrons. The van der Waals surface area contributed by atoms with Crippen molar-refractivity contribution in [2.75, 3.05) is 14.2 Å². The summed E-state index contributed by atoms with van der Waals surface area (Å²) in [5, 5.41) is 7.05. The highest BCUT2D eigenvalue weighted by molar-refractivity contribution is 6.12. The molecule has 1 aromatic heterocycles. The molecule has 182 valence electrons. The van der Waals surface area contributed by atoms with Crippen LogP contribution in [0, 0.1) is 6.92 Å². The predicted octanol–water partition coefficient (Wildman–Crippen LogP) is 5.22. The van der Waals surface area contributed by atoms with E-state index in [2.05, 4.69) is 4.98 Å². The predicted molar refractivity (Wildman–Crippen MR) is 141 cm³/mol. The summed E-state index contributed by atoms with van der Waals surface area (Å²) in [6.07, 6.45) is 0.351. The molecule has 1 atom stereocenters. The number of hydrogen-bond donors (Lipinski definition) is 1. The van der Waals surface area contributed by atoms with Gasteiger partial charge in [-0.2, -0.15) is 5.10 Å². The van der Waals surface area contributed by atoms with Crippen molar-refractivity contribution in [3.05, 3.63) is 93.8 Å². The van der Waals surface area contributed by atoms with Crippen molar-refractivity contribution >= 4 is 22.5 Å². The average Bonchev–Trinajstić information content (AvgIpc) is 3.33. The Bertz CT molecular complexity index is 1550. The van der Waals surface area contributed by atoms with Gasteiger partial charge in [0.1, 0.15) is 11.5 Å². The minimum Gasteiger partial charge on any atom is -0.497 e. The van der Waals surface area contributed by atoms with Gasteiger partial charge in [-0.3, -0.25) is 9.59 Å². The minimum atomic E-state index is -0.445. The van der Waals surface area contributed by atoms with E-state index < -0.39 is 6.04 Å². The Morgan fingerprint density at radius 3 is 2.44 bits per heavy atom. The average molecular weight is 482 g/mol. The van der Waals surface area contributed by atoms with Crippen LogP contribution in [0.15, 0.2) is 76.6 Å². The fourth-order valence-electron chi connectivity index (χ4n) is 4.83. The zero-order chi connectivity index (χ0) is 25.4. The molecule has 0 aliphatic carbocycles. The zero-order valence-electron chi connectivity index (χ0n) is 20.7. The molecule has 36 heavy (non-hydrogen) atoms. The lowest BCUT2D eigenvalue weighted by molar-refractivity contribution is -0.130. The number of nitrogens with one attached hydrogen (secondary N) is 1.